The van der Waals surface area contributed by atoms with Crippen LogP contribution in [0, 0.1) is 0 Å². The van der Waals surface area contributed by atoms with E-state index in [1.165, 1.54) is 0 Å². The van der Waals surface area contributed by atoms with Crippen LogP contribution in [0.1, 0.15) is 0 Å². The molecule has 7 aromatic carbocycles. The van der Waals surface area contributed by atoms with E-state index in [9.17, 15) is 0 Å². The van der Waals surface area contributed by atoms with E-state index in [1.54, 1.807) is 0 Å². The van der Waals surface area contributed by atoms with Gasteiger partial charge in [-0.1, -0.05) is 109 Å². The van der Waals surface area contributed by atoms with Crippen molar-refractivity contribution in [2.24, 2.45) is 0 Å². The summed E-state index contributed by atoms with van der Waals surface area (Å²) in [4.78, 5) is 14.9. The number of fused-ring (bicyclic) bond motifs is 7. The lowest BCUT2D eigenvalue weighted by atomic mass is 9.98. The molecule has 5 nitrogen and oxygen atoms in total. The fraction of sp³-hybridized carbons (Fsp3) is 0. The van der Waals surface area contributed by atoms with Gasteiger partial charge in [-0.25, -0.2) is 15.0 Å². The van der Waals surface area contributed by atoms with Crippen molar-refractivity contribution >= 4 is 54.6 Å². The predicted octanol–water partition coefficient (Wildman–Crippen LogP) is 11.5. The van der Waals surface area contributed by atoms with Gasteiger partial charge < -0.3 is 8.83 Å². The zero-order valence-corrected chi connectivity index (χ0v) is 25.6. The van der Waals surface area contributed by atoms with E-state index >= 15 is 0 Å². The molecule has 10 aromatic rings. The number of hydrogen-bond acceptors (Lipinski definition) is 5. The molecule has 5 heteroatoms. The van der Waals surface area contributed by atoms with Gasteiger partial charge in [0.1, 0.15) is 22.3 Å². The van der Waals surface area contributed by atoms with Crippen LogP contribution in [0.3, 0.4) is 0 Å². The fourth-order valence-electron chi connectivity index (χ4n) is 6.77. The minimum absolute atomic E-state index is 0.605. The Bertz CT molecular complexity index is 2780. The first kappa shape index (κ1) is 26.6. The van der Waals surface area contributed by atoms with Gasteiger partial charge >= 0.3 is 0 Å². The van der Waals surface area contributed by atoms with Crippen LogP contribution in [0.2, 0.25) is 0 Å². The van der Waals surface area contributed by atoms with Crippen molar-refractivity contribution in [1.82, 2.24) is 15.0 Å². The summed E-state index contributed by atoms with van der Waals surface area (Å²) < 4.78 is 12.6. The van der Waals surface area contributed by atoms with Crippen molar-refractivity contribution in [2.45, 2.75) is 0 Å². The summed E-state index contributed by atoms with van der Waals surface area (Å²) in [5.41, 5.74) is 8.45. The van der Waals surface area contributed by atoms with Gasteiger partial charge in [0.15, 0.2) is 17.5 Å². The van der Waals surface area contributed by atoms with Crippen LogP contribution < -0.4 is 0 Å². The number of para-hydroxylation sites is 1. The minimum Gasteiger partial charge on any atom is -0.456 e. The number of aromatic nitrogens is 3. The van der Waals surface area contributed by atoms with Crippen molar-refractivity contribution in [3.05, 3.63) is 152 Å². The molecule has 3 heterocycles. The Hall–Kier alpha value is -6.59. The van der Waals surface area contributed by atoms with E-state index in [4.69, 9.17) is 23.8 Å². The molecular formula is C43H25N3O2. The Balaban J connectivity index is 1.13. The number of nitrogens with zero attached hydrogens (tertiary/aromatic N) is 3. The van der Waals surface area contributed by atoms with Gasteiger partial charge in [0.25, 0.3) is 0 Å². The van der Waals surface area contributed by atoms with Crippen LogP contribution in [-0.4, -0.2) is 15.0 Å². The van der Waals surface area contributed by atoms with Crippen molar-refractivity contribution in [1.29, 1.82) is 0 Å². The van der Waals surface area contributed by atoms with Gasteiger partial charge in [-0.3, -0.25) is 0 Å². The standard InChI is InChI=1S/C43H25N3O2/c1-3-10-26(11-4-1)41-44-42(27-12-5-2-6-13-27)46-43(45-41)33-15-9-17-38-40(33)35-24-30-19-18-28(22-31(30)25-39(35)48-38)29-20-21-37-34(23-29)32-14-7-8-16-36(32)47-37/h1-25H. The van der Waals surface area contributed by atoms with Gasteiger partial charge in [0.05, 0.1) is 0 Å². The van der Waals surface area contributed by atoms with E-state index in [0.717, 1.165) is 82.5 Å². The van der Waals surface area contributed by atoms with Gasteiger partial charge in [0, 0.05) is 38.2 Å². The van der Waals surface area contributed by atoms with E-state index < -0.39 is 0 Å². The van der Waals surface area contributed by atoms with Crippen molar-refractivity contribution in [3.63, 3.8) is 0 Å². The molecule has 0 unspecified atom stereocenters. The summed E-state index contributed by atoms with van der Waals surface area (Å²) in [5.74, 6) is 1.86. The maximum Gasteiger partial charge on any atom is 0.164 e. The molecule has 0 amide bonds. The van der Waals surface area contributed by atoms with Gasteiger partial charge in [-0.2, -0.15) is 0 Å². The van der Waals surface area contributed by atoms with Gasteiger partial charge in [-0.15, -0.1) is 0 Å². The number of rotatable bonds is 4. The zero-order chi connectivity index (χ0) is 31.6. The van der Waals surface area contributed by atoms with Crippen molar-refractivity contribution < 1.29 is 8.83 Å². The maximum atomic E-state index is 6.51. The summed E-state index contributed by atoms with van der Waals surface area (Å²) in [5, 5.41) is 6.49. The first-order valence-electron chi connectivity index (χ1n) is 15.9. The molecule has 0 aliphatic rings. The molecule has 0 bridgehead atoms. The lowest BCUT2D eigenvalue weighted by Crippen LogP contribution is -2.00. The van der Waals surface area contributed by atoms with Crippen LogP contribution >= 0.6 is 0 Å². The van der Waals surface area contributed by atoms with E-state index in [2.05, 4.69) is 66.7 Å². The van der Waals surface area contributed by atoms with Crippen LogP contribution in [0.4, 0.5) is 0 Å². The van der Waals surface area contributed by atoms with Crippen molar-refractivity contribution in [2.75, 3.05) is 0 Å². The Labute approximate surface area is 274 Å². The predicted molar refractivity (Wildman–Crippen MR) is 194 cm³/mol. The van der Waals surface area contributed by atoms with Crippen molar-refractivity contribution in [3.8, 4) is 45.3 Å². The van der Waals surface area contributed by atoms with Gasteiger partial charge in [0.2, 0.25) is 0 Å². The number of hydrogen-bond donors (Lipinski definition) is 0. The molecule has 0 fully saturated rings. The Morgan fingerprint density at radius 1 is 0.333 bits per heavy atom. The Kier molecular flexibility index (Phi) is 5.81. The van der Waals surface area contributed by atoms with E-state index in [1.807, 2.05) is 84.9 Å². The smallest absolute Gasteiger partial charge is 0.164 e. The molecule has 224 valence electrons. The number of furan rings is 2. The topological polar surface area (TPSA) is 65.0 Å². The molecule has 48 heavy (non-hydrogen) atoms. The molecule has 0 spiro atoms. The molecule has 0 saturated heterocycles. The summed E-state index contributed by atoms with van der Waals surface area (Å²) in [6.45, 7) is 0. The van der Waals surface area contributed by atoms with Gasteiger partial charge in [-0.05, 0) is 64.4 Å². The van der Waals surface area contributed by atoms with E-state index in [0.29, 0.717) is 17.5 Å². The molecule has 0 saturated carbocycles. The molecule has 0 aliphatic heterocycles. The van der Waals surface area contributed by atoms with Crippen LogP contribution in [0.25, 0.3) is 99.9 Å². The summed E-state index contributed by atoms with van der Waals surface area (Å²) in [6, 6.07) is 51.7. The lowest BCUT2D eigenvalue weighted by molar-refractivity contribution is 0.669. The highest BCUT2D eigenvalue weighted by molar-refractivity contribution is 6.15. The Morgan fingerprint density at radius 2 is 0.958 bits per heavy atom. The molecule has 0 N–H and O–H groups in total. The quantitative estimate of drug-likeness (QED) is 0.197. The van der Waals surface area contributed by atoms with Crippen LogP contribution in [0.5, 0.6) is 0 Å². The monoisotopic (exact) mass is 615 g/mol. The van der Waals surface area contributed by atoms with Crippen LogP contribution in [0.15, 0.2) is 160 Å². The second kappa shape index (κ2) is 10.5. The third-order valence-electron chi connectivity index (χ3n) is 9.10. The molecule has 3 aromatic heterocycles. The third-order valence-corrected chi connectivity index (χ3v) is 9.10. The molecule has 0 radical (unpaired) electrons. The maximum absolute atomic E-state index is 6.51. The first-order valence-corrected chi connectivity index (χ1v) is 15.9. The second-order valence-electron chi connectivity index (χ2n) is 12.0. The fourth-order valence-corrected chi connectivity index (χ4v) is 6.77. The molecule has 0 aliphatic carbocycles. The first-order chi connectivity index (χ1) is 23.7. The lowest BCUT2D eigenvalue weighted by Gasteiger charge is -2.09. The third kappa shape index (κ3) is 4.29. The summed E-state index contributed by atoms with van der Waals surface area (Å²) in [6.07, 6.45) is 0. The average molecular weight is 616 g/mol. The average Bonchev–Trinajstić information content (AvgIpc) is 3.71. The highest BCUT2D eigenvalue weighted by atomic mass is 16.3. The Morgan fingerprint density at radius 3 is 1.75 bits per heavy atom. The SMILES string of the molecule is c1ccc(-c2nc(-c3ccccc3)nc(-c3cccc4oc5cc6cc(-c7ccc8oc9ccccc9c8c7)ccc6cc5c34)n2)cc1. The van der Waals surface area contributed by atoms with Crippen LogP contribution in [-0.2, 0) is 0 Å². The van der Waals surface area contributed by atoms with E-state index in [-0.39, 0.29) is 0 Å². The normalized spacial score (nSPS) is 11.8. The minimum atomic E-state index is 0.605. The molecule has 0 atom stereocenters. The summed E-state index contributed by atoms with van der Waals surface area (Å²) in [7, 11) is 0. The highest BCUT2D eigenvalue weighted by Crippen LogP contribution is 2.39. The highest BCUT2D eigenvalue weighted by Gasteiger charge is 2.18. The molecular weight excluding hydrogens is 590 g/mol. The molecule has 10 rings (SSSR count). The second-order valence-corrected chi connectivity index (χ2v) is 12.0. The zero-order valence-electron chi connectivity index (χ0n) is 25.6. The number of benzene rings is 7. The summed E-state index contributed by atoms with van der Waals surface area (Å²) >= 11 is 0. The largest absolute Gasteiger partial charge is 0.456 e.